The number of hydrogen-bond acceptors (Lipinski definition) is 6. The van der Waals surface area contributed by atoms with Crippen LogP contribution in [0, 0.1) is 5.92 Å². The van der Waals surface area contributed by atoms with Gasteiger partial charge in [-0.1, -0.05) is 18.2 Å². The van der Waals surface area contributed by atoms with Crippen molar-refractivity contribution in [2.75, 3.05) is 30.8 Å². The van der Waals surface area contributed by atoms with Crippen LogP contribution < -0.4 is 10.6 Å². The Labute approximate surface area is 198 Å². The highest BCUT2D eigenvalue weighted by Gasteiger charge is 2.37. The molecule has 180 valence electrons. The SMILES string of the molecule is CN1CC(C(=O)O)C(c2ccc(C=CC(=O)Nc3ccccc3NC(=O)OC(C)(C)C)cn2)C1. The molecule has 3 rings (SSSR count). The lowest BCUT2D eigenvalue weighted by Gasteiger charge is -2.20. The first-order chi connectivity index (χ1) is 16.0. The fourth-order valence-electron chi connectivity index (χ4n) is 3.75. The van der Waals surface area contributed by atoms with Gasteiger partial charge in [0.15, 0.2) is 0 Å². The highest BCUT2D eigenvalue weighted by molar-refractivity contribution is 6.04. The number of benzene rings is 1. The molecule has 1 aromatic carbocycles. The van der Waals surface area contributed by atoms with Gasteiger partial charge in [-0.25, -0.2) is 4.79 Å². The van der Waals surface area contributed by atoms with E-state index >= 15 is 0 Å². The second-order valence-corrected chi connectivity index (χ2v) is 9.28. The lowest BCUT2D eigenvalue weighted by atomic mass is 9.92. The number of hydrogen-bond donors (Lipinski definition) is 3. The molecule has 0 bridgehead atoms. The monoisotopic (exact) mass is 466 g/mol. The van der Waals surface area contributed by atoms with E-state index in [0.717, 1.165) is 5.69 Å². The summed E-state index contributed by atoms with van der Waals surface area (Å²) in [7, 11) is 1.90. The molecule has 0 radical (unpaired) electrons. The number of carboxylic acid groups (broad SMARTS) is 1. The number of para-hydroxylation sites is 2. The van der Waals surface area contributed by atoms with E-state index in [1.165, 1.54) is 6.08 Å². The van der Waals surface area contributed by atoms with Gasteiger partial charge in [-0.15, -0.1) is 0 Å². The number of anilines is 2. The minimum Gasteiger partial charge on any atom is -0.481 e. The Morgan fingerprint density at radius 1 is 1.09 bits per heavy atom. The summed E-state index contributed by atoms with van der Waals surface area (Å²) in [6.07, 6.45) is 3.99. The highest BCUT2D eigenvalue weighted by Crippen LogP contribution is 2.31. The summed E-state index contributed by atoms with van der Waals surface area (Å²) in [6, 6.07) is 10.4. The molecule has 2 heterocycles. The number of carboxylic acids is 1. The molecule has 2 amide bonds. The number of pyridine rings is 1. The number of nitrogens with zero attached hydrogens (tertiary/aromatic N) is 2. The van der Waals surface area contributed by atoms with Crippen LogP contribution in [0.25, 0.3) is 6.08 Å². The zero-order chi connectivity index (χ0) is 24.9. The van der Waals surface area contributed by atoms with E-state index < -0.39 is 23.6 Å². The molecule has 0 aliphatic carbocycles. The summed E-state index contributed by atoms with van der Waals surface area (Å²) in [6.45, 7) is 6.43. The second kappa shape index (κ2) is 10.5. The van der Waals surface area contributed by atoms with E-state index in [1.807, 2.05) is 11.9 Å². The number of aliphatic carboxylic acids is 1. The minimum absolute atomic E-state index is 0.169. The maximum Gasteiger partial charge on any atom is 0.412 e. The lowest BCUT2D eigenvalue weighted by molar-refractivity contribution is -0.141. The van der Waals surface area contributed by atoms with Crippen LogP contribution in [0.3, 0.4) is 0 Å². The summed E-state index contributed by atoms with van der Waals surface area (Å²) in [5.41, 5.74) is 1.63. The number of likely N-dealkylation sites (N-methyl/N-ethyl adjacent to an activating group) is 1. The molecule has 1 saturated heterocycles. The van der Waals surface area contributed by atoms with Gasteiger partial charge < -0.3 is 20.1 Å². The summed E-state index contributed by atoms with van der Waals surface area (Å²) >= 11 is 0. The molecule has 2 unspecified atom stereocenters. The van der Waals surface area contributed by atoms with Crippen LogP contribution in [0.1, 0.15) is 37.9 Å². The molecule has 2 aromatic rings. The van der Waals surface area contributed by atoms with Crippen molar-refractivity contribution in [3.05, 3.63) is 59.9 Å². The maximum atomic E-state index is 12.4. The molecular formula is C25H30N4O5. The lowest BCUT2D eigenvalue weighted by Crippen LogP contribution is -2.27. The number of carbonyl (C=O) groups excluding carboxylic acids is 2. The molecule has 2 atom stereocenters. The van der Waals surface area contributed by atoms with E-state index in [4.69, 9.17) is 4.74 Å². The number of likely N-dealkylation sites (tertiary alicyclic amines) is 1. The summed E-state index contributed by atoms with van der Waals surface area (Å²) in [4.78, 5) is 42.5. The Balaban J connectivity index is 1.63. The van der Waals surface area contributed by atoms with Gasteiger partial charge in [0, 0.05) is 37.0 Å². The van der Waals surface area contributed by atoms with Crippen LogP contribution in [0.15, 0.2) is 48.7 Å². The topological polar surface area (TPSA) is 121 Å². The van der Waals surface area contributed by atoms with Crippen molar-refractivity contribution in [2.45, 2.75) is 32.3 Å². The molecule has 3 N–H and O–H groups in total. The Hall–Kier alpha value is -3.72. The molecule has 34 heavy (non-hydrogen) atoms. The molecule has 1 aromatic heterocycles. The number of ether oxygens (including phenoxy) is 1. The predicted octanol–water partition coefficient (Wildman–Crippen LogP) is 3.81. The predicted molar refractivity (Wildman–Crippen MR) is 130 cm³/mol. The van der Waals surface area contributed by atoms with E-state index in [2.05, 4.69) is 15.6 Å². The van der Waals surface area contributed by atoms with Crippen molar-refractivity contribution in [2.24, 2.45) is 5.92 Å². The Kier molecular flexibility index (Phi) is 7.68. The Morgan fingerprint density at radius 2 is 1.76 bits per heavy atom. The quantitative estimate of drug-likeness (QED) is 0.554. The van der Waals surface area contributed by atoms with E-state index in [1.54, 1.807) is 69.4 Å². The van der Waals surface area contributed by atoms with Gasteiger partial charge in [0.05, 0.1) is 17.3 Å². The molecule has 0 saturated carbocycles. The van der Waals surface area contributed by atoms with E-state index in [-0.39, 0.29) is 11.8 Å². The van der Waals surface area contributed by atoms with Gasteiger partial charge in [0.2, 0.25) is 5.91 Å². The van der Waals surface area contributed by atoms with Crippen LogP contribution in [0.2, 0.25) is 0 Å². The first kappa shape index (κ1) is 24.9. The zero-order valence-electron chi connectivity index (χ0n) is 19.7. The maximum absolute atomic E-state index is 12.4. The van der Waals surface area contributed by atoms with Crippen LogP contribution in [-0.2, 0) is 14.3 Å². The third-order valence-electron chi connectivity index (χ3n) is 5.26. The Morgan fingerprint density at radius 3 is 2.35 bits per heavy atom. The van der Waals surface area contributed by atoms with Gasteiger partial charge >= 0.3 is 12.1 Å². The number of rotatable bonds is 6. The van der Waals surface area contributed by atoms with Gasteiger partial charge in [-0.05, 0) is 57.7 Å². The van der Waals surface area contributed by atoms with Crippen molar-refractivity contribution < 1.29 is 24.2 Å². The molecule has 1 fully saturated rings. The van der Waals surface area contributed by atoms with Crippen molar-refractivity contribution in [1.82, 2.24) is 9.88 Å². The first-order valence-electron chi connectivity index (χ1n) is 11.0. The van der Waals surface area contributed by atoms with Gasteiger partial charge in [0.25, 0.3) is 0 Å². The molecule has 9 heteroatoms. The first-order valence-corrected chi connectivity index (χ1v) is 11.0. The fourth-order valence-corrected chi connectivity index (χ4v) is 3.75. The largest absolute Gasteiger partial charge is 0.481 e. The minimum atomic E-state index is -0.821. The standard InChI is InChI=1S/C25H30N4O5/c1-25(2,3)34-24(33)28-21-8-6-5-7-20(21)27-22(30)12-10-16-9-11-19(26-13-16)17-14-29(4)15-18(17)23(31)32/h5-13,17-18H,14-15H2,1-4H3,(H,27,30)(H,28,33)(H,31,32). The summed E-state index contributed by atoms with van der Waals surface area (Å²) in [5.74, 6) is -1.86. The molecule has 9 nitrogen and oxygen atoms in total. The third-order valence-corrected chi connectivity index (χ3v) is 5.26. The number of carbonyl (C=O) groups is 3. The van der Waals surface area contributed by atoms with Crippen molar-refractivity contribution in [3.8, 4) is 0 Å². The Bertz CT molecular complexity index is 1080. The van der Waals surface area contributed by atoms with Crippen molar-refractivity contribution >= 4 is 35.4 Å². The van der Waals surface area contributed by atoms with Crippen molar-refractivity contribution in [3.63, 3.8) is 0 Å². The van der Waals surface area contributed by atoms with E-state index in [0.29, 0.717) is 30.0 Å². The third kappa shape index (κ3) is 6.89. The van der Waals surface area contributed by atoms with Crippen LogP contribution in [0.5, 0.6) is 0 Å². The average Bonchev–Trinajstić information content (AvgIpc) is 3.15. The molecule has 1 aliphatic heterocycles. The van der Waals surface area contributed by atoms with Gasteiger partial charge in [-0.3, -0.25) is 19.9 Å². The second-order valence-electron chi connectivity index (χ2n) is 9.28. The van der Waals surface area contributed by atoms with Crippen LogP contribution in [-0.4, -0.2) is 58.7 Å². The number of amides is 2. The van der Waals surface area contributed by atoms with E-state index in [9.17, 15) is 19.5 Å². The normalized spacial score (nSPS) is 18.6. The van der Waals surface area contributed by atoms with Gasteiger partial charge in [-0.2, -0.15) is 0 Å². The molecular weight excluding hydrogens is 436 g/mol. The molecule has 0 spiro atoms. The highest BCUT2D eigenvalue weighted by atomic mass is 16.6. The number of aromatic nitrogens is 1. The number of nitrogens with one attached hydrogen (secondary N) is 2. The fraction of sp³-hybridized carbons (Fsp3) is 0.360. The van der Waals surface area contributed by atoms with Gasteiger partial charge in [0.1, 0.15) is 5.60 Å². The van der Waals surface area contributed by atoms with Crippen LogP contribution in [0.4, 0.5) is 16.2 Å². The van der Waals surface area contributed by atoms with Crippen LogP contribution >= 0.6 is 0 Å². The smallest absolute Gasteiger partial charge is 0.412 e. The van der Waals surface area contributed by atoms with Crippen molar-refractivity contribution in [1.29, 1.82) is 0 Å². The average molecular weight is 467 g/mol. The zero-order valence-corrected chi connectivity index (χ0v) is 19.7. The summed E-state index contributed by atoms with van der Waals surface area (Å²) < 4.78 is 5.26. The summed E-state index contributed by atoms with van der Waals surface area (Å²) in [5, 5.41) is 14.8. The molecule has 1 aliphatic rings.